The largest absolute Gasteiger partial charge is 0.488 e. The second-order valence-electron chi connectivity index (χ2n) is 9.07. The smallest absolute Gasteiger partial charge is 0.172 e. The minimum absolute atomic E-state index is 0.296. The Kier molecular flexibility index (Phi) is 4.84. The first kappa shape index (κ1) is 20.9. The molecule has 0 spiro atoms. The predicted molar refractivity (Wildman–Crippen MR) is 137 cm³/mol. The number of fused-ring (bicyclic) bond motifs is 6. The molecule has 2 N–H and O–H groups in total. The molecular formula is C26H24N8O2. The van der Waals surface area contributed by atoms with Crippen LogP contribution in [0.5, 0.6) is 17.2 Å². The fraction of sp³-hybridized carbons (Fsp3) is 0.231. The monoisotopic (exact) mass is 480 g/mol. The summed E-state index contributed by atoms with van der Waals surface area (Å²) in [5.41, 5.74) is 4.17. The number of benzene rings is 1. The van der Waals surface area contributed by atoms with Gasteiger partial charge in [-0.05, 0) is 36.8 Å². The highest BCUT2D eigenvalue weighted by molar-refractivity contribution is 5.90. The van der Waals surface area contributed by atoms with E-state index in [9.17, 15) is 0 Å². The summed E-state index contributed by atoms with van der Waals surface area (Å²) in [7, 11) is 0. The number of hydrogen-bond acceptors (Lipinski definition) is 9. The first-order chi connectivity index (χ1) is 17.7. The van der Waals surface area contributed by atoms with E-state index < -0.39 is 0 Å². The molecule has 4 aromatic heterocycles. The SMILES string of the molecule is Cc1cc(Nc2ncnc3cc4c(nc23)N2CCNC(CO4)C2)ccc1Oc1ccn2ccnc2c1. The van der Waals surface area contributed by atoms with Crippen LogP contribution in [0.1, 0.15) is 5.56 Å². The molecule has 1 atom stereocenters. The number of ether oxygens (including phenoxy) is 2. The maximum absolute atomic E-state index is 6.13. The lowest BCUT2D eigenvalue weighted by Gasteiger charge is -2.31. The van der Waals surface area contributed by atoms with Crippen molar-refractivity contribution in [3.05, 3.63) is 66.9 Å². The molecule has 1 unspecified atom stereocenters. The van der Waals surface area contributed by atoms with Gasteiger partial charge in [-0.25, -0.2) is 19.9 Å². The van der Waals surface area contributed by atoms with Crippen molar-refractivity contribution in [2.24, 2.45) is 0 Å². The van der Waals surface area contributed by atoms with Crippen LogP contribution in [-0.2, 0) is 0 Å². The fourth-order valence-corrected chi connectivity index (χ4v) is 4.76. The van der Waals surface area contributed by atoms with Crippen LogP contribution >= 0.6 is 0 Å². The number of nitrogens with zero attached hydrogens (tertiary/aromatic N) is 6. The van der Waals surface area contributed by atoms with Gasteiger partial charge in [-0.15, -0.1) is 0 Å². The molecule has 1 fully saturated rings. The third-order valence-electron chi connectivity index (χ3n) is 6.59. The number of imidazole rings is 1. The predicted octanol–water partition coefficient (Wildman–Crippen LogP) is 3.69. The van der Waals surface area contributed by atoms with Gasteiger partial charge in [0.1, 0.15) is 35.6 Å². The first-order valence-corrected chi connectivity index (χ1v) is 11.9. The van der Waals surface area contributed by atoms with Crippen molar-refractivity contribution in [1.82, 2.24) is 29.7 Å². The van der Waals surface area contributed by atoms with Crippen LogP contribution in [0.15, 0.2) is 61.3 Å². The molecular weight excluding hydrogens is 456 g/mol. The molecule has 10 heteroatoms. The van der Waals surface area contributed by atoms with E-state index in [-0.39, 0.29) is 0 Å². The zero-order chi connectivity index (χ0) is 24.1. The summed E-state index contributed by atoms with van der Waals surface area (Å²) in [6.07, 6.45) is 7.15. The van der Waals surface area contributed by atoms with Crippen molar-refractivity contribution in [2.45, 2.75) is 13.0 Å². The molecule has 7 rings (SSSR count). The lowest BCUT2D eigenvalue weighted by atomic mass is 10.2. The fourth-order valence-electron chi connectivity index (χ4n) is 4.76. The van der Waals surface area contributed by atoms with Crippen LogP contribution < -0.4 is 25.0 Å². The lowest BCUT2D eigenvalue weighted by molar-refractivity contribution is 0.271. The Morgan fingerprint density at radius 2 is 2.08 bits per heavy atom. The van der Waals surface area contributed by atoms with E-state index >= 15 is 0 Å². The molecule has 10 nitrogen and oxygen atoms in total. The molecule has 0 saturated carbocycles. The van der Waals surface area contributed by atoms with Gasteiger partial charge >= 0.3 is 0 Å². The summed E-state index contributed by atoms with van der Waals surface area (Å²) in [6, 6.07) is 12.0. The van der Waals surface area contributed by atoms with Crippen molar-refractivity contribution < 1.29 is 9.47 Å². The van der Waals surface area contributed by atoms with Crippen LogP contribution in [0, 0.1) is 6.92 Å². The van der Waals surface area contributed by atoms with E-state index in [2.05, 4.69) is 30.5 Å². The molecule has 0 amide bonds. The lowest BCUT2D eigenvalue weighted by Crippen LogP contribution is -2.51. The van der Waals surface area contributed by atoms with Crippen LogP contribution in [0.3, 0.4) is 0 Å². The van der Waals surface area contributed by atoms with Crippen molar-refractivity contribution in [3.63, 3.8) is 0 Å². The van der Waals surface area contributed by atoms with E-state index in [0.717, 1.165) is 65.1 Å². The number of anilines is 3. The Morgan fingerprint density at radius 3 is 3.03 bits per heavy atom. The molecule has 6 heterocycles. The summed E-state index contributed by atoms with van der Waals surface area (Å²) < 4.78 is 14.1. The minimum Gasteiger partial charge on any atom is -0.488 e. The molecule has 1 aromatic carbocycles. The zero-order valence-electron chi connectivity index (χ0n) is 19.7. The molecule has 2 aliphatic heterocycles. The Hall–Kier alpha value is -4.44. The topological polar surface area (TPSA) is 102 Å². The highest BCUT2D eigenvalue weighted by Gasteiger charge is 2.28. The van der Waals surface area contributed by atoms with Crippen LogP contribution in [0.2, 0.25) is 0 Å². The number of aryl methyl sites for hydroxylation is 1. The van der Waals surface area contributed by atoms with Crippen molar-refractivity contribution in [3.8, 4) is 17.2 Å². The number of aromatic nitrogens is 5. The van der Waals surface area contributed by atoms with Crippen LogP contribution in [0.25, 0.3) is 16.7 Å². The highest BCUT2D eigenvalue weighted by atomic mass is 16.5. The van der Waals surface area contributed by atoms with E-state index in [1.807, 2.05) is 60.1 Å². The quantitative estimate of drug-likeness (QED) is 0.399. The minimum atomic E-state index is 0.296. The average molecular weight is 481 g/mol. The van der Waals surface area contributed by atoms with Crippen molar-refractivity contribution in [1.29, 1.82) is 0 Å². The van der Waals surface area contributed by atoms with Gasteiger partial charge in [0, 0.05) is 56.0 Å². The number of piperazine rings is 1. The zero-order valence-corrected chi connectivity index (χ0v) is 19.7. The first-order valence-electron chi connectivity index (χ1n) is 11.9. The van der Waals surface area contributed by atoms with Crippen molar-refractivity contribution >= 4 is 34.0 Å². The second-order valence-corrected chi connectivity index (χ2v) is 9.07. The third kappa shape index (κ3) is 3.72. The standard InChI is InChI=1S/C26H24N8O2/c1-16-10-17(2-3-21(16)36-19-4-7-33-8-6-28-23(33)11-19)31-25-24-20(29-15-30-25)12-22-26(32-24)34-9-5-27-18(13-34)14-35-22/h2-4,6-8,10-12,15,18,27H,5,9,13-14H2,1H3,(H,29,30,31). The van der Waals surface area contributed by atoms with Gasteiger partial charge in [0.15, 0.2) is 17.4 Å². The Morgan fingerprint density at radius 1 is 1.11 bits per heavy atom. The molecule has 180 valence electrons. The second kappa shape index (κ2) is 8.35. The molecule has 1 saturated heterocycles. The Balaban J connectivity index is 1.18. The summed E-state index contributed by atoms with van der Waals surface area (Å²) in [5, 5.41) is 6.92. The van der Waals surface area contributed by atoms with E-state index in [4.69, 9.17) is 14.5 Å². The van der Waals surface area contributed by atoms with E-state index in [1.165, 1.54) is 0 Å². The number of pyridine rings is 2. The third-order valence-corrected chi connectivity index (χ3v) is 6.59. The molecule has 36 heavy (non-hydrogen) atoms. The van der Waals surface area contributed by atoms with Gasteiger partial charge in [-0.2, -0.15) is 0 Å². The number of rotatable bonds is 4. The average Bonchev–Trinajstić information content (AvgIpc) is 3.33. The van der Waals surface area contributed by atoms with E-state index in [0.29, 0.717) is 24.0 Å². The van der Waals surface area contributed by atoms with Gasteiger partial charge < -0.3 is 29.4 Å². The van der Waals surface area contributed by atoms with Crippen LogP contribution in [-0.4, -0.2) is 56.6 Å². The van der Waals surface area contributed by atoms with Gasteiger partial charge in [-0.1, -0.05) is 0 Å². The molecule has 5 aromatic rings. The highest BCUT2D eigenvalue weighted by Crippen LogP contribution is 2.35. The Labute approximate surface area is 206 Å². The number of nitrogens with one attached hydrogen (secondary N) is 2. The van der Waals surface area contributed by atoms with Crippen molar-refractivity contribution in [2.75, 3.05) is 36.5 Å². The van der Waals surface area contributed by atoms with Gasteiger partial charge in [0.05, 0.1) is 11.6 Å². The van der Waals surface area contributed by atoms with Gasteiger partial charge in [0.2, 0.25) is 0 Å². The van der Waals surface area contributed by atoms with Crippen LogP contribution in [0.4, 0.5) is 17.3 Å². The molecule has 2 bridgehead atoms. The van der Waals surface area contributed by atoms with Gasteiger partial charge in [0.25, 0.3) is 0 Å². The molecule has 2 aliphatic rings. The molecule has 0 aliphatic carbocycles. The molecule has 0 radical (unpaired) electrons. The van der Waals surface area contributed by atoms with Gasteiger partial charge in [-0.3, -0.25) is 0 Å². The Bertz CT molecular complexity index is 1600. The maximum atomic E-state index is 6.13. The maximum Gasteiger partial charge on any atom is 0.172 e. The number of hydrogen-bond donors (Lipinski definition) is 2. The summed E-state index contributed by atoms with van der Waals surface area (Å²) >= 11 is 0. The van der Waals surface area contributed by atoms with E-state index in [1.54, 1.807) is 12.5 Å². The summed E-state index contributed by atoms with van der Waals surface area (Å²) in [5.74, 6) is 3.78. The normalized spacial score (nSPS) is 16.9. The summed E-state index contributed by atoms with van der Waals surface area (Å²) in [6.45, 7) is 5.30. The summed E-state index contributed by atoms with van der Waals surface area (Å²) in [4.78, 5) is 20.5.